The van der Waals surface area contributed by atoms with Crippen LogP contribution < -0.4 is 5.56 Å². The summed E-state index contributed by atoms with van der Waals surface area (Å²) in [5, 5.41) is 0.860. The predicted octanol–water partition coefficient (Wildman–Crippen LogP) is 6.29. The lowest BCUT2D eigenvalue weighted by Gasteiger charge is -2.09. The molecule has 28 heavy (non-hydrogen) atoms. The van der Waals surface area contributed by atoms with Crippen molar-refractivity contribution in [3.63, 3.8) is 0 Å². The summed E-state index contributed by atoms with van der Waals surface area (Å²) in [6.45, 7) is 2.09. The van der Waals surface area contributed by atoms with E-state index in [1.54, 1.807) is 12.1 Å². The van der Waals surface area contributed by atoms with Gasteiger partial charge in [0.1, 0.15) is 10.6 Å². The largest absolute Gasteiger partial charge is 0.294 e. The van der Waals surface area contributed by atoms with Crippen LogP contribution in [0.2, 0.25) is 5.02 Å². The highest BCUT2D eigenvalue weighted by molar-refractivity contribution is 9.10. The van der Waals surface area contributed by atoms with Crippen molar-refractivity contribution in [2.75, 3.05) is 0 Å². The lowest BCUT2D eigenvalue weighted by atomic mass is 10.0. The van der Waals surface area contributed by atoms with Crippen molar-refractivity contribution in [3.05, 3.63) is 84.9 Å². The van der Waals surface area contributed by atoms with E-state index in [9.17, 15) is 9.18 Å². The van der Waals surface area contributed by atoms with Gasteiger partial charge in [-0.3, -0.25) is 9.36 Å². The second kappa shape index (κ2) is 7.78. The number of hydrogen-bond acceptors (Lipinski definition) is 3. The third-order valence-corrected chi connectivity index (χ3v) is 6.72. The van der Waals surface area contributed by atoms with E-state index < -0.39 is 5.82 Å². The SMILES string of the molecule is CCc1sc2ncn(Cc3c(F)cccc3Cl)c(=O)c2c1-c1ccc(Br)cc1. The van der Waals surface area contributed by atoms with E-state index in [-0.39, 0.29) is 17.7 Å². The van der Waals surface area contributed by atoms with Crippen molar-refractivity contribution in [3.8, 4) is 11.1 Å². The van der Waals surface area contributed by atoms with Gasteiger partial charge < -0.3 is 0 Å². The highest BCUT2D eigenvalue weighted by Gasteiger charge is 2.19. The summed E-state index contributed by atoms with van der Waals surface area (Å²) >= 11 is 11.1. The molecular formula is C21H15BrClFN2OS. The lowest BCUT2D eigenvalue weighted by molar-refractivity contribution is 0.595. The molecule has 2 aromatic carbocycles. The van der Waals surface area contributed by atoms with Crippen molar-refractivity contribution in [1.29, 1.82) is 0 Å². The Kier molecular flexibility index (Phi) is 5.36. The van der Waals surface area contributed by atoms with Crippen LogP contribution in [-0.4, -0.2) is 9.55 Å². The predicted molar refractivity (Wildman–Crippen MR) is 117 cm³/mol. The molecule has 0 aliphatic carbocycles. The first-order chi connectivity index (χ1) is 13.5. The van der Waals surface area contributed by atoms with Gasteiger partial charge in [-0.1, -0.05) is 52.7 Å². The van der Waals surface area contributed by atoms with Crippen LogP contribution in [0.1, 0.15) is 17.4 Å². The maximum atomic E-state index is 14.2. The molecule has 0 fully saturated rings. The van der Waals surface area contributed by atoms with Gasteiger partial charge in [-0.2, -0.15) is 0 Å². The van der Waals surface area contributed by atoms with Gasteiger partial charge in [0.05, 0.1) is 18.3 Å². The fourth-order valence-electron chi connectivity index (χ4n) is 3.21. The van der Waals surface area contributed by atoms with Crippen LogP contribution in [0.25, 0.3) is 21.3 Å². The number of hydrogen-bond donors (Lipinski definition) is 0. The topological polar surface area (TPSA) is 34.9 Å². The van der Waals surface area contributed by atoms with Crippen LogP contribution in [0.15, 0.2) is 58.1 Å². The van der Waals surface area contributed by atoms with Gasteiger partial charge in [0.2, 0.25) is 0 Å². The molecule has 0 spiro atoms. The van der Waals surface area contributed by atoms with Crippen LogP contribution >= 0.6 is 38.9 Å². The van der Waals surface area contributed by atoms with Crippen LogP contribution in [0.4, 0.5) is 4.39 Å². The van der Waals surface area contributed by atoms with Crippen molar-refractivity contribution in [2.45, 2.75) is 19.9 Å². The summed E-state index contributed by atoms with van der Waals surface area (Å²) in [5.41, 5.74) is 1.95. The van der Waals surface area contributed by atoms with Crippen LogP contribution in [0, 0.1) is 5.82 Å². The van der Waals surface area contributed by atoms with E-state index in [1.165, 1.54) is 28.3 Å². The summed E-state index contributed by atoms with van der Waals surface area (Å²) in [6, 6.07) is 12.4. The van der Waals surface area contributed by atoms with Crippen LogP contribution in [0.3, 0.4) is 0 Å². The molecule has 0 amide bonds. The summed E-state index contributed by atoms with van der Waals surface area (Å²) in [5.74, 6) is -0.438. The molecule has 4 aromatic rings. The maximum absolute atomic E-state index is 14.2. The molecular weight excluding hydrogens is 463 g/mol. The molecule has 0 saturated carbocycles. The number of fused-ring (bicyclic) bond motifs is 1. The first-order valence-corrected chi connectivity index (χ1v) is 10.7. The molecule has 7 heteroatoms. The highest BCUT2D eigenvalue weighted by Crippen LogP contribution is 2.37. The summed E-state index contributed by atoms with van der Waals surface area (Å²) in [6.07, 6.45) is 2.26. The number of aryl methyl sites for hydroxylation is 1. The Labute approximate surface area is 178 Å². The number of nitrogens with zero attached hydrogens (tertiary/aromatic N) is 2. The first kappa shape index (κ1) is 19.3. The van der Waals surface area contributed by atoms with Gasteiger partial charge in [0.15, 0.2) is 0 Å². The standard InChI is InChI=1S/C21H15BrClFN2OS/c1-2-17-18(12-6-8-13(22)9-7-12)19-20(28-17)25-11-26(21(19)27)10-14-15(23)4-3-5-16(14)24/h3-9,11H,2,10H2,1H3. The second-order valence-corrected chi connectivity index (χ2v) is 8.73. The summed E-state index contributed by atoms with van der Waals surface area (Å²) < 4.78 is 16.6. The monoisotopic (exact) mass is 476 g/mol. The Bertz CT molecular complexity index is 1210. The van der Waals surface area contributed by atoms with E-state index in [2.05, 4.69) is 27.8 Å². The molecule has 4 rings (SSSR count). The van der Waals surface area contributed by atoms with Crippen molar-refractivity contribution >= 4 is 49.1 Å². The zero-order valence-electron chi connectivity index (χ0n) is 14.9. The summed E-state index contributed by atoms with van der Waals surface area (Å²) in [7, 11) is 0. The molecule has 3 nitrogen and oxygen atoms in total. The smallest absolute Gasteiger partial charge is 0.263 e. The van der Waals surface area contributed by atoms with E-state index >= 15 is 0 Å². The zero-order valence-corrected chi connectivity index (χ0v) is 18.0. The van der Waals surface area contributed by atoms with Crippen molar-refractivity contribution in [2.24, 2.45) is 0 Å². The fourth-order valence-corrected chi connectivity index (χ4v) is 4.79. The number of benzene rings is 2. The van der Waals surface area contributed by atoms with Gasteiger partial charge in [-0.15, -0.1) is 11.3 Å². The third kappa shape index (κ3) is 3.41. The van der Waals surface area contributed by atoms with E-state index in [4.69, 9.17) is 11.6 Å². The number of thiophene rings is 1. The summed E-state index contributed by atoms with van der Waals surface area (Å²) in [4.78, 5) is 19.6. The molecule has 0 N–H and O–H groups in total. The number of aromatic nitrogens is 2. The molecule has 0 radical (unpaired) electrons. The van der Waals surface area contributed by atoms with Crippen molar-refractivity contribution < 1.29 is 4.39 Å². The molecule has 2 aromatic heterocycles. The highest BCUT2D eigenvalue weighted by atomic mass is 79.9. The molecule has 0 bridgehead atoms. The van der Waals surface area contributed by atoms with Gasteiger partial charge in [-0.25, -0.2) is 9.37 Å². The Morgan fingerprint density at radius 1 is 1.21 bits per heavy atom. The minimum Gasteiger partial charge on any atom is -0.294 e. The number of halogens is 3. The van der Waals surface area contributed by atoms with Gasteiger partial charge >= 0.3 is 0 Å². The molecule has 0 unspecified atom stereocenters. The van der Waals surface area contributed by atoms with Crippen LogP contribution in [-0.2, 0) is 13.0 Å². The molecule has 0 atom stereocenters. The lowest BCUT2D eigenvalue weighted by Crippen LogP contribution is -2.21. The van der Waals surface area contributed by atoms with E-state index in [0.29, 0.717) is 15.2 Å². The minimum atomic E-state index is -0.438. The molecule has 142 valence electrons. The quantitative estimate of drug-likeness (QED) is 0.346. The maximum Gasteiger partial charge on any atom is 0.263 e. The van der Waals surface area contributed by atoms with E-state index in [1.807, 2.05) is 24.3 Å². The van der Waals surface area contributed by atoms with Gasteiger partial charge in [0.25, 0.3) is 5.56 Å². The van der Waals surface area contributed by atoms with E-state index in [0.717, 1.165) is 26.9 Å². The zero-order chi connectivity index (χ0) is 19.8. The average Bonchev–Trinajstić information content (AvgIpc) is 3.06. The minimum absolute atomic E-state index is 0.0321. The molecule has 2 heterocycles. The Hall–Kier alpha value is -2.02. The number of rotatable bonds is 4. The second-order valence-electron chi connectivity index (χ2n) is 6.32. The average molecular weight is 478 g/mol. The Morgan fingerprint density at radius 3 is 2.64 bits per heavy atom. The van der Waals surface area contributed by atoms with Gasteiger partial charge in [-0.05, 0) is 36.2 Å². The molecule has 0 aliphatic heterocycles. The third-order valence-electron chi connectivity index (χ3n) is 4.60. The van der Waals surface area contributed by atoms with Crippen LogP contribution in [0.5, 0.6) is 0 Å². The fraction of sp³-hybridized carbons (Fsp3) is 0.143. The normalized spacial score (nSPS) is 11.3. The molecule has 0 aliphatic rings. The van der Waals surface area contributed by atoms with Gasteiger partial charge in [0, 0.05) is 25.5 Å². The van der Waals surface area contributed by atoms with Crippen molar-refractivity contribution in [1.82, 2.24) is 9.55 Å². The Balaban J connectivity index is 1.92. The Morgan fingerprint density at radius 2 is 1.96 bits per heavy atom. The first-order valence-electron chi connectivity index (χ1n) is 8.69. The molecule has 0 saturated heterocycles.